The Morgan fingerprint density at radius 3 is 2.70 bits per heavy atom. The molecule has 1 atom stereocenters. The summed E-state index contributed by atoms with van der Waals surface area (Å²) in [5.74, 6) is -0.809. The summed E-state index contributed by atoms with van der Waals surface area (Å²) in [6.07, 6.45) is 5.52. The molecule has 0 bridgehead atoms. The standard InChI is InChI=1S/C14H24N2O4/c17-13(15-11-4-2-1-3-5-11)10-16-6-7-20-12(9-16)8-14(18)19/h11-12H,1-10H2,(H,15,17)(H,18,19). The molecule has 6 heteroatoms. The van der Waals surface area contributed by atoms with Crippen LogP contribution in [-0.2, 0) is 14.3 Å². The van der Waals surface area contributed by atoms with Crippen LogP contribution in [0.1, 0.15) is 38.5 Å². The summed E-state index contributed by atoms with van der Waals surface area (Å²) in [5.41, 5.74) is 0. The van der Waals surface area contributed by atoms with Crippen LogP contribution < -0.4 is 5.32 Å². The number of carboxylic acid groups (broad SMARTS) is 1. The Morgan fingerprint density at radius 2 is 2.00 bits per heavy atom. The molecule has 0 spiro atoms. The number of rotatable bonds is 5. The minimum absolute atomic E-state index is 0.000738. The topological polar surface area (TPSA) is 78.9 Å². The number of carbonyl (C=O) groups is 2. The van der Waals surface area contributed by atoms with Gasteiger partial charge in [0.2, 0.25) is 5.91 Å². The Morgan fingerprint density at radius 1 is 1.25 bits per heavy atom. The highest BCUT2D eigenvalue weighted by Gasteiger charge is 2.25. The first-order valence-electron chi connectivity index (χ1n) is 7.48. The molecule has 6 nitrogen and oxygen atoms in total. The zero-order valence-electron chi connectivity index (χ0n) is 11.8. The molecule has 1 heterocycles. The number of nitrogens with zero attached hydrogens (tertiary/aromatic N) is 1. The molecule has 2 rings (SSSR count). The van der Waals surface area contributed by atoms with Crippen molar-refractivity contribution in [1.82, 2.24) is 10.2 Å². The molecule has 0 radical (unpaired) electrons. The second kappa shape index (κ2) is 7.59. The zero-order valence-corrected chi connectivity index (χ0v) is 11.8. The van der Waals surface area contributed by atoms with E-state index in [4.69, 9.17) is 9.84 Å². The molecule has 2 N–H and O–H groups in total. The highest BCUT2D eigenvalue weighted by atomic mass is 16.5. The van der Waals surface area contributed by atoms with Gasteiger partial charge in [0.1, 0.15) is 0 Å². The van der Waals surface area contributed by atoms with Crippen LogP contribution in [0.3, 0.4) is 0 Å². The Labute approximate surface area is 119 Å². The van der Waals surface area contributed by atoms with Gasteiger partial charge >= 0.3 is 5.97 Å². The second-order valence-electron chi connectivity index (χ2n) is 5.73. The van der Waals surface area contributed by atoms with E-state index in [0.717, 1.165) is 12.8 Å². The fourth-order valence-corrected chi connectivity index (χ4v) is 2.97. The van der Waals surface area contributed by atoms with Gasteiger partial charge in [0, 0.05) is 19.1 Å². The van der Waals surface area contributed by atoms with Crippen molar-refractivity contribution >= 4 is 11.9 Å². The molecule has 1 aliphatic carbocycles. The van der Waals surface area contributed by atoms with Crippen LogP contribution in [0.5, 0.6) is 0 Å². The monoisotopic (exact) mass is 284 g/mol. The van der Waals surface area contributed by atoms with Gasteiger partial charge in [-0.1, -0.05) is 19.3 Å². The van der Waals surface area contributed by atoms with Crippen molar-refractivity contribution in [2.45, 2.75) is 50.7 Å². The summed E-state index contributed by atoms with van der Waals surface area (Å²) < 4.78 is 5.40. The van der Waals surface area contributed by atoms with Crippen LogP contribution in [0.2, 0.25) is 0 Å². The number of carbonyl (C=O) groups excluding carboxylic acids is 1. The van der Waals surface area contributed by atoms with Crippen LogP contribution in [-0.4, -0.2) is 60.3 Å². The summed E-state index contributed by atoms with van der Waals surface area (Å²) >= 11 is 0. The number of amides is 1. The molecule has 1 unspecified atom stereocenters. The predicted molar refractivity (Wildman–Crippen MR) is 73.4 cm³/mol. The molecule has 1 amide bonds. The van der Waals surface area contributed by atoms with Crippen LogP contribution in [0, 0.1) is 0 Å². The third-order valence-corrected chi connectivity index (χ3v) is 3.96. The summed E-state index contributed by atoms with van der Waals surface area (Å²) in [4.78, 5) is 24.7. The average molecular weight is 284 g/mol. The lowest BCUT2D eigenvalue weighted by Crippen LogP contribution is -2.49. The fraction of sp³-hybridized carbons (Fsp3) is 0.857. The zero-order chi connectivity index (χ0) is 14.4. The predicted octanol–water partition coefficient (Wildman–Crippen LogP) is 0.611. The van der Waals surface area contributed by atoms with E-state index in [2.05, 4.69) is 5.32 Å². The van der Waals surface area contributed by atoms with E-state index in [1.54, 1.807) is 0 Å². The van der Waals surface area contributed by atoms with Gasteiger partial charge in [0.15, 0.2) is 0 Å². The van der Waals surface area contributed by atoms with Gasteiger partial charge in [0.25, 0.3) is 0 Å². The van der Waals surface area contributed by atoms with Crippen LogP contribution in [0.15, 0.2) is 0 Å². The van der Waals surface area contributed by atoms with E-state index in [1.807, 2.05) is 4.90 Å². The van der Waals surface area contributed by atoms with Crippen LogP contribution >= 0.6 is 0 Å². The molecule has 114 valence electrons. The molecule has 0 aromatic carbocycles. The van der Waals surface area contributed by atoms with Gasteiger partial charge < -0.3 is 15.2 Å². The minimum atomic E-state index is -0.858. The first-order chi connectivity index (χ1) is 9.63. The van der Waals surface area contributed by atoms with E-state index in [-0.39, 0.29) is 18.4 Å². The number of ether oxygens (including phenoxy) is 1. The second-order valence-corrected chi connectivity index (χ2v) is 5.73. The summed E-state index contributed by atoms with van der Waals surface area (Å²) in [5, 5.41) is 11.9. The molecule has 20 heavy (non-hydrogen) atoms. The normalized spacial score (nSPS) is 25.3. The highest BCUT2D eigenvalue weighted by molar-refractivity contribution is 5.78. The van der Waals surface area contributed by atoms with Gasteiger partial charge in [0.05, 0.1) is 25.7 Å². The number of carboxylic acids is 1. The molecule has 1 aliphatic heterocycles. The van der Waals surface area contributed by atoms with Gasteiger partial charge in [-0.05, 0) is 12.8 Å². The molecule has 0 aromatic heterocycles. The highest BCUT2D eigenvalue weighted by Crippen LogP contribution is 2.17. The lowest BCUT2D eigenvalue weighted by Gasteiger charge is -2.32. The molecular formula is C14H24N2O4. The van der Waals surface area contributed by atoms with Crippen molar-refractivity contribution in [2.75, 3.05) is 26.2 Å². The summed E-state index contributed by atoms with van der Waals surface area (Å²) in [7, 11) is 0. The molecule has 1 saturated heterocycles. The number of nitrogens with one attached hydrogen (secondary N) is 1. The van der Waals surface area contributed by atoms with E-state index < -0.39 is 5.97 Å². The van der Waals surface area contributed by atoms with Crippen molar-refractivity contribution < 1.29 is 19.4 Å². The Hall–Kier alpha value is -1.14. The average Bonchev–Trinajstić information content (AvgIpc) is 2.39. The van der Waals surface area contributed by atoms with Gasteiger partial charge in [-0.3, -0.25) is 14.5 Å². The van der Waals surface area contributed by atoms with Crippen molar-refractivity contribution in [3.63, 3.8) is 0 Å². The molecule has 2 aliphatic rings. The Bertz CT molecular complexity index is 342. The first-order valence-corrected chi connectivity index (χ1v) is 7.48. The SMILES string of the molecule is O=C(O)CC1CN(CC(=O)NC2CCCCC2)CCO1. The maximum Gasteiger partial charge on any atom is 0.306 e. The van der Waals surface area contributed by atoms with E-state index >= 15 is 0 Å². The van der Waals surface area contributed by atoms with Gasteiger partial charge in [-0.15, -0.1) is 0 Å². The number of morpholine rings is 1. The molecular weight excluding hydrogens is 260 g/mol. The maximum atomic E-state index is 12.0. The molecule has 0 aromatic rings. The number of aliphatic carboxylic acids is 1. The quantitative estimate of drug-likeness (QED) is 0.773. The number of hydrogen-bond donors (Lipinski definition) is 2. The van der Waals surface area contributed by atoms with Crippen molar-refractivity contribution in [3.8, 4) is 0 Å². The maximum absolute atomic E-state index is 12.0. The Kier molecular flexibility index (Phi) is 5.79. The van der Waals surface area contributed by atoms with E-state index in [9.17, 15) is 9.59 Å². The molecule has 1 saturated carbocycles. The third-order valence-electron chi connectivity index (χ3n) is 3.96. The fourth-order valence-electron chi connectivity index (χ4n) is 2.97. The van der Waals surface area contributed by atoms with Crippen LogP contribution in [0.4, 0.5) is 0 Å². The summed E-state index contributed by atoms with van der Waals surface area (Å²) in [6.45, 7) is 2.04. The third kappa shape index (κ3) is 5.09. The van der Waals surface area contributed by atoms with Crippen LogP contribution in [0.25, 0.3) is 0 Å². The number of hydrogen-bond acceptors (Lipinski definition) is 4. The minimum Gasteiger partial charge on any atom is -0.481 e. The first kappa shape index (κ1) is 15.3. The van der Waals surface area contributed by atoms with Crippen molar-refractivity contribution in [1.29, 1.82) is 0 Å². The Balaban J connectivity index is 1.71. The lowest BCUT2D eigenvalue weighted by atomic mass is 9.95. The van der Waals surface area contributed by atoms with Crippen molar-refractivity contribution in [3.05, 3.63) is 0 Å². The molecule has 2 fully saturated rings. The lowest BCUT2D eigenvalue weighted by molar-refractivity contribution is -0.142. The van der Waals surface area contributed by atoms with E-state index in [0.29, 0.717) is 32.3 Å². The van der Waals surface area contributed by atoms with E-state index in [1.165, 1.54) is 19.3 Å². The van der Waals surface area contributed by atoms with Gasteiger partial charge in [-0.2, -0.15) is 0 Å². The van der Waals surface area contributed by atoms with Crippen molar-refractivity contribution in [2.24, 2.45) is 0 Å². The largest absolute Gasteiger partial charge is 0.481 e. The summed E-state index contributed by atoms with van der Waals surface area (Å²) in [6, 6.07) is 0.326. The van der Waals surface area contributed by atoms with Gasteiger partial charge in [-0.25, -0.2) is 0 Å². The smallest absolute Gasteiger partial charge is 0.306 e.